The van der Waals surface area contributed by atoms with Crippen LogP contribution < -0.4 is 10.6 Å². The van der Waals surface area contributed by atoms with E-state index in [-0.39, 0.29) is 0 Å². The molecule has 0 bridgehead atoms. The van der Waals surface area contributed by atoms with Gasteiger partial charge in [-0.2, -0.15) is 0 Å². The Balaban J connectivity index is 1.31. The summed E-state index contributed by atoms with van der Waals surface area (Å²) in [5.74, 6) is 0.728. The first-order chi connectivity index (χ1) is 23.8. The van der Waals surface area contributed by atoms with Gasteiger partial charge in [-0.25, -0.2) is 9.97 Å². The summed E-state index contributed by atoms with van der Waals surface area (Å²) in [6.45, 7) is 0. The lowest BCUT2D eigenvalue weighted by Gasteiger charge is -2.14. The Morgan fingerprint density at radius 2 is 1.06 bits per heavy atom. The van der Waals surface area contributed by atoms with E-state index >= 15 is 0 Å². The van der Waals surface area contributed by atoms with Gasteiger partial charge in [0.1, 0.15) is 0 Å². The molecule has 1 aliphatic carbocycles. The van der Waals surface area contributed by atoms with Gasteiger partial charge < -0.3 is 8.80 Å². The smallest absolute Gasteiger partial charge is 0.160 e. The Bertz CT molecular complexity index is 2980. The van der Waals surface area contributed by atoms with Gasteiger partial charge in [-0.1, -0.05) is 115 Å². The van der Waals surface area contributed by atoms with Crippen LogP contribution in [0.4, 0.5) is 0 Å². The lowest BCUT2D eigenvalue weighted by molar-refractivity contribution is 1.08. The van der Waals surface area contributed by atoms with E-state index in [1.165, 1.54) is 65.1 Å². The molecule has 4 aromatic heterocycles. The van der Waals surface area contributed by atoms with Crippen LogP contribution in [0.15, 0.2) is 133 Å². The van der Waals surface area contributed by atoms with Gasteiger partial charge in [0.2, 0.25) is 0 Å². The van der Waals surface area contributed by atoms with Gasteiger partial charge in [0, 0.05) is 43.4 Å². The van der Waals surface area contributed by atoms with Gasteiger partial charge in [-0.3, -0.25) is 0 Å². The fourth-order valence-electron chi connectivity index (χ4n) is 8.24. The third kappa shape index (κ3) is 3.44. The molecule has 0 atom stereocenters. The fraction of sp³-hybridized carbons (Fsp3) is 0.0455. The van der Waals surface area contributed by atoms with Crippen LogP contribution in [0.3, 0.4) is 0 Å². The van der Waals surface area contributed by atoms with Crippen LogP contribution in [0.5, 0.6) is 0 Å². The standard InChI is InChI=1S/C44H28N4/c1-3-13-27(14-4-1)34-26-35(46-44(45-34)28-15-5-2-6-16-28)29-23-24-30-33(25-29)41-32-18-8-10-20-37(32)48-39-22-12-11-21-38(39)47-36-19-9-7-17-31(36)40(30)42(47)43(41)48/h1-6,8,10-26H,7,9H2. The Morgan fingerprint density at radius 3 is 1.85 bits per heavy atom. The van der Waals surface area contributed by atoms with Crippen molar-refractivity contribution in [1.29, 1.82) is 0 Å². The minimum Gasteiger partial charge on any atom is -0.305 e. The molecule has 0 saturated heterocycles. The zero-order valence-electron chi connectivity index (χ0n) is 26.1. The molecule has 4 heteroatoms. The lowest BCUT2D eigenvalue weighted by atomic mass is 9.95. The molecule has 1 aliphatic rings. The van der Waals surface area contributed by atoms with Crippen LogP contribution in [-0.4, -0.2) is 18.8 Å². The number of hydrogen-bond acceptors (Lipinski definition) is 2. The highest BCUT2D eigenvalue weighted by Crippen LogP contribution is 2.43. The Labute approximate surface area is 275 Å². The van der Waals surface area contributed by atoms with Gasteiger partial charge in [0.15, 0.2) is 5.82 Å². The summed E-state index contributed by atoms with van der Waals surface area (Å²) in [5.41, 5.74) is 11.3. The van der Waals surface area contributed by atoms with Gasteiger partial charge in [0.25, 0.3) is 0 Å². The van der Waals surface area contributed by atoms with Gasteiger partial charge in [0.05, 0.1) is 39.0 Å². The third-order valence-corrected chi connectivity index (χ3v) is 10.2. The van der Waals surface area contributed by atoms with Crippen molar-refractivity contribution in [2.24, 2.45) is 0 Å². The summed E-state index contributed by atoms with van der Waals surface area (Å²) >= 11 is 0. The average Bonchev–Trinajstić information content (AvgIpc) is 3.70. The van der Waals surface area contributed by atoms with Crippen molar-refractivity contribution >= 4 is 66.7 Å². The number of para-hydroxylation sites is 3. The van der Waals surface area contributed by atoms with Crippen molar-refractivity contribution in [1.82, 2.24) is 18.8 Å². The molecule has 4 nitrogen and oxygen atoms in total. The summed E-state index contributed by atoms with van der Waals surface area (Å²) in [5, 5.41) is 9.10. The number of hydrogen-bond donors (Lipinski definition) is 0. The molecule has 4 heterocycles. The number of aromatic nitrogens is 4. The van der Waals surface area contributed by atoms with E-state index in [1.54, 1.807) is 0 Å². The highest BCUT2D eigenvalue weighted by molar-refractivity contribution is 6.33. The van der Waals surface area contributed by atoms with Crippen molar-refractivity contribution in [3.05, 3.63) is 144 Å². The topological polar surface area (TPSA) is 34.6 Å². The first kappa shape index (κ1) is 25.9. The summed E-state index contributed by atoms with van der Waals surface area (Å²) in [6, 6.07) is 47.6. The molecule has 0 saturated carbocycles. The van der Waals surface area contributed by atoms with E-state index < -0.39 is 0 Å². The molecule has 0 N–H and O–H groups in total. The van der Waals surface area contributed by atoms with Gasteiger partial charge in [-0.05, 0) is 53.9 Å². The predicted molar refractivity (Wildman–Crippen MR) is 199 cm³/mol. The molecule has 224 valence electrons. The van der Waals surface area contributed by atoms with Crippen LogP contribution in [0.1, 0.15) is 12.8 Å². The zero-order chi connectivity index (χ0) is 31.3. The van der Waals surface area contributed by atoms with E-state index in [4.69, 9.17) is 9.97 Å². The zero-order valence-corrected chi connectivity index (χ0v) is 26.1. The van der Waals surface area contributed by atoms with Gasteiger partial charge in [-0.15, -0.1) is 0 Å². The molecule has 10 aromatic rings. The molecule has 6 aromatic carbocycles. The Hall–Kier alpha value is -6.26. The fourth-order valence-corrected chi connectivity index (χ4v) is 8.24. The number of rotatable bonds is 3. The van der Waals surface area contributed by atoms with Crippen molar-refractivity contribution in [2.45, 2.75) is 12.8 Å². The molecule has 0 unspecified atom stereocenters. The number of nitrogens with zero attached hydrogens (tertiary/aromatic N) is 4. The Kier molecular flexibility index (Phi) is 5.19. The lowest BCUT2D eigenvalue weighted by Crippen LogP contribution is -2.28. The molecule has 0 aliphatic heterocycles. The van der Waals surface area contributed by atoms with Crippen LogP contribution in [-0.2, 0) is 0 Å². The van der Waals surface area contributed by atoms with Crippen LogP contribution in [0.25, 0.3) is 101 Å². The Morgan fingerprint density at radius 1 is 0.438 bits per heavy atom. The van der Waals surface area contributed by atoms with Crippen LogP contribution >= 0.6 is 0 Å². The van der Waals surface area contributed by atoms with Crippen molar-refractivity contribution in [3.63, 3.8) is 0 Å². The van der Waals surface area contributed by atoms with Crippen molar-refractivity contribution in [3.8, 4) is 33.9 Å². The van der Waals surface area contributed by atoms with Crippen LogP contribution in [0, 0.1) is 0 Å². The van der Waals surface area contributed by atoms with E-state index in [0.717, 1.165) is 46.7 Å². The highest BCUT2D eigenvalue weighted by atomic mass is 15.0. The second-order valence-corrected chi connectivity index (χ2v) is 12.9. The van der Waals surface area contributed by atoms with E-state index in [9.17, 15) is 0 Å². The van der Waals surface area contributed by atoms with Crippen molar-refractivity contribution < 1.29 is 0 Å². The van der Waals surface area contributed by atoms with E-state index in [0.29, 0.717) is 0 Å². The third-order valence-electron chi connectivity index (χ3n) is 10.2. The monoisotopic (exact) mass is 612 g/mol. The maximum absolute atomic E-state index is 5.20. The highest BCUT2D eigenvalue weighted by Gasteiger charge is 2.24. The summed E-state index contributed by atoms with van der Waals surface area (Å²) in [4.78, 5) is 10.3. The summed E-state index contributed by atoms with van der Waals surface area (Å²) in [6.07, 6.45) is 7.01. The molecule has 0 amide bonds. The van der Waals surface area contributed by atoms with E-state index in [1.807, 2.05) is 24.3 Å². The summed E-state index contributed by atoms with van der Waals surface area (Å²) in [7, 11) is 0. The normalized spacial score (nSPS) is 13.2. The predicted octanol–water partition coefficient (Wildman–Crippen LogP) is 9.39. The second kappa shape index (κ2) is 9.63. The number of fused-ring (bicyclic) bond motifs is 12. The average molecular weight is 613 g/mol. The van der Waals surface area contributed by atoms with E-state index in [2.05, 4.69) is 130 Å². The molecule has 48 heavy (non-hydrogen) atoms. The van der Waals surface area contributed by atoms with Crippen LogP contribution in [0.2, 0.25) is 0 Å². The minimum atomic E-state index is 0.728. The minimum absolute atomic E-state index is 0.728. The molecular formula is C44H28N4. The quantitative estimate of drug-likeness (QED) is 0.186. The first-order valence-electron chi connectivity index (χ1n) is 16.7. The molecule has 0 spiro atoms. The molecule has 11 rings (SSSR count). The largest absolute Gasteiger partial charge is 0.305 e. The molecule has 0 fully saturated rings. The second-order valence-electron chi connectivity index (χ2n) is 12.9. The number of benzene rings is 6. The molecule has 0 radical (unpaired) electrons. The summed E-state index contributed by atoms with van der Waals surface area (Å²) < 4.78 is 5.04. The maximum Gasteiger partial charge on any atom is 0.160 e. The maximum atomic E-state index is 5.20. The SMILES string of the molecule is C1=c2c(n3c4ccccc4n4c5ccccc5c5c6cc(-c7cc(-c8ccccc8)nc(-c8ccccc8)n7)ccc6c2c3c54)=CCC1. The van der Waals surface area contributed by atoms with Crippen molar-refractivity contribution in [2.75, 3.05) is 0 Å². The molecular weight excluding hydrogens is 585 g/mol. The first-order valence-corrected chi connectivity index (χ1v) is 16.7. The van der Waals surface area contributed by atoms with Gasteiger partial charge >= 0.3 is 0 Å².